The van der Waals surface area contributed by atoms with Crippen molar-refractivity contribution >= 4 is 17.3 Å². The van der Waals surface area contributed by atoms with Crippen molar-refractivity contribution < 1.29 is 0 Å². The molecule has 0 radical (unpaired) electrons. The van der Waals surface area contributed by atoms with Crippen molar-refractivity contribution in [1.29, 1.82) is 0 Å². The van der Waals surface area contributed by atoms with E-state index in [1.165, 1.54) is 5.56 Å². The zero-order valence-electron chi connectivity index (χ0n) is 9.70. The molecule has 0 bridgehead atoms. The van der Waals surface area contributed by atoms with Gasteiger partial charge in [-0.25, -0.2) is 0 Å². The molecule has 1 nitrogen and oxygen atoms in total. The van der Waals surface area contributed by atoms with Crippen LogP contribution in [0.1, 0.15) is 11.1 Å². The van der Waals surface area contributed by atoms with Gasteiger partial charge in [-0.1, -0.05) is 48.5 Å². The molecule has 2 aromatic rings. The highest BCUT2D eigenvalue weighted by Gasteiger charge is 1.99. The summed E-state index contributed by atoms with van der Waals surface area (Å²) in [4.78, 5) is 0. The highest BCUT2D eigenvalue weighted by atomic mass is 35.5. The summed E-state index contributed by atoms with van der Waals surface area (Å²) in [7, 11) is 0. The SMILES string of the molecule is ClCc1ccccc1NCCc1ccccc1. The molecule has 0 amide bonds. The Labute approximate surface area is 107 Å². The zero-order chi connectivity index (χ0) is 11.9. The van der Waals surface area contributed by atoms with E-state index < -0.39 is 0 Å². The van der Waals surface area contributed by atoms with Crippen molar-refractivity contribution in [2.24, 2.45) is 0 Å². The first-order valence-electron chi connectivity index (χ1n) is 5.82. The van der Waals surface area contributed by atoms with Gasteiger partial charge in [-0.2, -0.15) is 0 Å². The maximum absolute atomic E-state index is 5.89. The summed E-state index contributed by atoms with van der Waals surface area (Å²) in [6.07, 6.45) is 1.03. The summed E-state index contributed by atoms with van der Waals surface area (Å²) in [5, 5.41) is 3.43. The van der Waals surface area contributed by atoms with Crippen LogP contribution in [0.5, 0.6) is 0 Å². The molecule has 17 heavy (non-hydrogen) atoms. The van der Waals surface area contributed by atoms with Gasteiger partial charge in [-0.3, -0.25) is 0 Å². The molecule has 88 valence electrons. The van der Waals surface area contributed by atoms with Gasteiger partial charge in [0, 0.05) is 18.1 Å². The Kier molecular flexibility index (Phi) is 4.45. The van der Waals surface area contributed by atoms with Gasteiger partial charge in [0.1, 0.15) is 0 Å². The van der Waals surface area contributed by atoms with E-state index in [0.717, 1.165) is 24.2 Å². The predicted octanol–water partition coefficient (Wildman–Crippen LogP) is 4.08. The molecular weight excluding hydrogens is 230 g/mol. The van der Waals surface area contributed by atoms with Crippen LogP contribution in [0.25, 0.3) is 0 Å². The third kappa shape index (κ3) is 3.50. The average Bonchev–Trinajstić information content (AvgIpc) is 2.40. The van der Waals surface area contributed by atoms with Gasteiger partial charge in [0.25, 0.3) is 0 Å². The van der Waals surface area contributed by atoms with E-state index in [1.54, 1.807) is 0 Å². The number of alkyl halides is 1. The Morgan fingerprint density at radius 3 is 2.35 bits per heavy atom. The number of anilines is 1. The van der Waals surface area contributed by atoms with Gasteiger partial charge in [0.15, 0.2) is 0 Å². The molecule has 1 N–H and O–H groups in total. The van der Waals surface area contributed by atoms with E-state index in [0.29, 0.717) is 5.88 Å². The molecule has 0 saturated carbocycles. The van der Waals surface area contributed by atoms with Gasteiger partial charge < -0.3 is 5.32 Å². The molecule has 0 saturated heterocycles. The second-order valence-electron chi connectivity index (χ2n) is 3.95. The lowest BCUT2D eigenvalue weighted by Gasteiger charge is -2.10. The molecule has 0 aliphatic rings. The molecule has 2 aromatic carbocycles. The van der Waals surface area contributed by atoms with Crippen LogP contribution in [-0.2, 0) is 12.3 Å². The van der Waals surface area contributed by atoms with E-state index in [4.69, 9.17) is 11.6 Å². The topological polar surface area (TPSA) is 12.0 Å². The van der Waals surface area contributed by atoms with Gasteiger partial charge in [0.05, 0.1) is 0 Å². The van der Waals surface area contributed by atoms with E-state index in [1.807, 2.05) is 18.2 Å². The molecule has 2 heteroatoms. The summed E-state index contributed by atoms with van der Waals surface area (Å²) in [5.41, 5.74) is 3.64. The molecule has 0 atom stereocenters. The fourth-order valence-corrected chi connectivity index (χ4v) is 2.03. The second kappa shape index (κ2) is 6.31. The molecular formula is C15H16ClN. The maximum Gasteiger partial charge on any atom is 0.0494 e. The van der Waals surface area contributed by atoms with Gasteiger partial charge in [0.2, 0.25) is 0 Å². The molecule has 2 rings (SSSR count). The summed E-state index contributed by atoms with van der Waals surface area (Å²) in [5.74, 6) is 0.550. The molecule has 0 aliphatic heterocycles. The summed E-state index contributed by atoms with van der Waals surface area (Å²) < 4.78 is 0. The Morgan fingerprint density at radius 1 is 0.882 bits per heavy atom. The van der Waals surface area contributed by atoms with Crippen molar-refractivity contribution in [1.82, 2.24) is 0 Å². The van der Waals surface area contributed by atoms with Crippen LogP contribution < -0.4 is 5.32 Å². The minimum atomic E-state index is 0.550. The Bertz CT molecular complexity index is 453. The summed E-state index contributed by atoms with van der Waals surface area (Å²) in [6.45, 7) is 0.928. The molecule has 0 aromatic heterocycles. The largest absolute Gasteiger partial charge is 0.384 e. The van der Waals surface area contributed by atoms with Crippen molar-refractivity contribution in [3.05, 3.63) is 65.7 Å². The van der Waals surface area contributed by atoms with Gasteiger partial charge in [-0.05, 0) is 23.6 Å². The lowest BCUT2D eigenvalue weighted by Crippen LogP contribution is -2.06. The van der Waals surface area contributed by atoms with Crippen LogP contribution in [0.4, 0.5) is 5.69 Å². The third-order valence-electron chi connectivity index (χ3n) is 2.73. The van der Waals surface area contributed by atoms with Crippen molar-refractivity contribution in [3.63, 3.8) is 0 Å². The Hall–Kier alpha value is -1.47. The molecule has 0 aliphatic carbocycles. The summed E-state index contributed by atoms with van der Waals surface area (Å²) >= 11 is 5.89. The fraction of sp³-hybridized carbons (Fsp3) is 0.200. The van der Waals surface area contributed by atoms with Gasteiger partial charge >= 0.3 is 0 Å². The number of nitrogens with one attached hydrogen (secondary N) is 1. The van der Waals surface area contributed by atoms with Crippen LogP contribution in [0.15, 0.2) is 54.6 Å². The molecule has 0 unspecified atom stereocenters. The third-order valence-corrected chi connectivity index (χ3v) is 3.02. The molecule has 0 fully saturated rings. The number of para-hydroxylation sites is 1. The lowest BCUT2D eigenvalue weighted by atomic mass is 10.1. The normalized spacial score (nSPS) is 10.2. The molecule has 0 spiro atoms. The number of rotatable bonds is 5. The van der Waals surface area contributed by atoms with Crippen molar-refractivity contribution in [3.8, 4) is 0 Å². The second-order valence-corrected chi connectivity index (χ2v) is 4.22. The van der Waals surface area contributed by atoms with Crippen LogP contribution in [0.3, 0.4) is 0 Å². The average molecular weight is 246 g/mol. The first-order valence-corrected chi connectivity index (χ1v) is 6.35. The van der Waals surface area contributed by atoms with E-state index >= 15 is 0 Å². The first kappa shape index (κ1) is 12.0. The van der Waals surface area contributed by atoms with Crippen molar-refractivity contribution in [2.45, 2.75) is 12.3 Å². The number of benzene rings is 2. The van der Waals surface area contributed by atoms with Crippen LogP contribution in [0, 0.1) is 0 Å². The quantitative estimate of drug-likeness (QED) is 0.783. The van der Waals surface area contributed by atoms with Crippen LogP contribution in [-0.4, -0.2) is 6.54 Å². The minimum absolute atomic E-state index is 0.550. The smallest absolute Gasteiger partial charge is 0.0494 e. The molecule has 0 heterocycles. The van der Waals surface area contributed by atoms with Crippen LogP contribution >= 0.6 is 11.6 Å². The highest BCUT2D eigenvalue weighted by Crippen LogP contribution is 2.16. The highest BCUT2D eigenvalue weighted by molar-refractivity contribution is 6.17. The monoisotopic (exact) mass is 245 g/mol. The number of hydrogen-bond acceptors (Lipinski definition) is 1. The van der Waals surface area contributed by atoms with E-state index in [-0.39, 0.29) is 0 Å². The Morgan fingerprint density at radius 2 is 1.59 bits per heavy atom. The summed E-state index contributed by atoms with van der Waals surface area (Å²) in [6, 6.07) is 18.6. The minimum Gasteiger partial charge on any atom is -0.384 e. The zero-order valence-corrected chi connectivity index (χ0v) is 10.5. The van der Waals surface area contributed by atoms with Crippen molar-refractivity contribution in [2.75, 3.05) is 11.9 Å². The number of hydrogen-bond donors (Lipinski definition) is 1. The van der Waals surface area contributed by atoms with E-state index in [2.05, 4.69) is 41.7 Å². The van der Waals surface area contributed by atoms with E-state index in [9.17, 15) is 0 Å². The number of halogens is 1. The fourth-order valence-electron chi connectivity index (χ4n) is 1.80. The lowest BCUT2D eigenvalue weighted by molar-refractivity contribution is 1.02. The standard InChI is InChI=1S/C15H16ClN/c16-12-14-8-4-5-9-15(14)17-11-10-13-6-2-1-3-7-13/h1-9,17H,10-12H2. The van der Waals surface area contributed by atoms with Crippen LogP contribution in [0.2, 0.25) is 0 Å². The predicted molar refractivity (Wildman–Crippen MR) is 74.6 cm³/mol. The maximum atomic E-state index is 5.89. The first-order chi connectivity index (χ1) is 8.40. The van der Waals surface area contributed by atoms with Gasteiger partial charge in [-0.15, -0.1) is 11.6 Å². The Balaban J connectivity index is 1.90.